The number of carboxylic acid groups (broad SMARTS) is 1. The maximum Gasteiger partial charge on any atom is 0.323 e. The summed E-state index contributed by atoms with van der Waals surface area (Å²) in [6.07, 6.45) is 3.38. The first-order chi connectivity index (χ1) is 11.1. The fourth-order valence-corrected chi connectivity index (χ4v) is 3.54. The molecule has 2 aliphatic rings. The van der Waals surface area contributed by atoms with Crippen LogP contribution in [0.2, 0.25) is 0 Å². The molecule has 1 aromatic rings. The van der Waals surface area contributed by atoms with Gasteiger partial charge in [-0.1, -0.05) is 24.3 Å². The van der Waals surface area contributed by atoms with Gasteiger partial charge in [0.25, 0.3) is 0 Å². The molecule has 1 atom stereocenters. The number of fused-ring (bicyclic) bond motifs is 1. The van der Waals surface area contributed by atoms with Gasteiger partial charge in [0.15, 0.2) is 0 Å². The number of rotatable bonds is 3. The van der Waals surface area contributed by atoms with Crippen molar-refractivity contribution in [1.82, 2.24) is 15.1 Å². The van der Waals surface area contributed by atoms with Crippen LogP contribution in [0.1, 0.15) is 17.5 Å². The highest BCUT2D eigenvalue weighted by Gasteiger charge is 2.28. The summed E-state index contributed by atoms with van der Waals surface area (Å²) in [5.74, 6) is -1.02. The van der Waals surface area contributed by atoms with Crippen molar-refractivity contribution in [3.8, 4) is 0 Å². The average molecular weight is 317 g/mol. The van der Waals surface area contributed by atoms with Crippen molar-refractivity contribution in [3.63, 3.8) is 0 Å². The van der Waals surface area contributed by atoms with Crippen molar-refractivity contribution >= 4 is 12.0 Å². The van der Waals surface area contributed by atoms with Crippen LogP contribution in [0.15, 0.2) is 24.3 Å². The number of carbonyl (C=O) groups excluding carboxylic acids is 1. The average Bonchev–Trinajstić information content (AvgIpc) is 2.59. The van der Waals surface area contributed by atoms with Crippen molar-refractivity contribution in [3.05, 3.63) is 35.4 Å². The Morgan fingerprint density at radius 1 is 1.13 bits per heavy atom. The summed E-state index contributed by atoms with van der Waals surface area (Å²) in [6.45, 7) is 2.70. The summed E-state index contributed by atoms with van der Waals surface area (Å²) in [6, 6.07) is 8.92. The molecule has 0 spiro atoms. The molecule has 6 heteroatoms. The topological polar surface area (TPSA) is 72.9 Å². The van der Waals surface area contributed by atoms with E-state index in [0.717, 1.165) is 25.9 Å². The molecule has 1 heterocycles. The van der Waals surface area contributed by atoms with Gasteiger partial charge in [0.1, 0.15) is 6.54 Å². The summed E-state index contributed by atoms with van der Waals surface area (Å²) in [7, 11) is 0. The number of carbonyl (C=O) groups is 2. The fourth-order valence-electron chi connectivity index (χ4n) is 3.54. The molecular formula is C17H23N3O3. The normalized spacial score (nSPS) is 21.6. The molecule has 1 saturated heterocycles. The highest BCUT2D eigenvalue weighted by Crippen LogP contribution is 2.25. The van der Waals surface area contributed by atoms with E-state index >= 15 is 0 Å². The minimum atomic E-state index is -1.02. The van der Waals surface area contributed by atoms with E-state index in [-0.39, 0.29) is 12.6 Å². The van der Waals surface area contributed by atoms with Gasteiger partial charge in [0.2, 0.25) is 0 Å². The maximum atomic E-state index is 11.9. The summed E-state index contributed by atoms with van der Waals surface area (Å²) in [5.41, 5.74) is 2.92. The Hall–Kier alpha value is -2.08. The van der Waals surface area contributed by atoms with Crippen LogP contribution in [0.25, 0.3) is 0 Å². The fraction of sp³-hybridized carbons (Fsp3) is 0.529. The highest BCUT2D eigenvalue weighted by atomic mass is 16.4. The first-order valence-electron chi connectivity index (χ1n) is 8.19. The first-order valence-corrected chi connectivity index (χ1v) is 8.19. The molecule has 124 valence electrons. The Balaban J connectivity index is 1.50. The predicted octanol–water partition coefficient (Wildman–Crippen LogP) is 0.956. The zero-order valence-corrected chi connectivity index (χ0v) is 13.2. The van der Waals surface area contributed by atoms with Crippen molar-refractivity contribution in [1.29, 1.82) is 0 Å². The smallest absolute Gasteiger partial charge is 0.323 e. The summed E-state index contributed by atoms with van der Waals surface area (Å²) >= 11 is 0. The molecule has 0 unspecified atom stereocenters. The number of nitrogens with zero attached hydrogens (tertiary/aromatic N) is 2. The van der Waals surface area contributed by atoms with Crippen LogP contribution < -0.4 is 5.32 Å². The number of aryl methyl sites for hydroxylation is 1. The Morgan fingerprint density at radius 3 is 2.52 bits per heavy atom. The third-order valence-corrected chi connectivity index (χ3v) is 4.83. The molecule has 3 rings (SSSR count). The van der Waals surface area contributed by atoms with Gasteiger partial charge in [-0.3, -0.25) is 9.69 Å². The van der Waals surface area contributed by atoms with Gasteiger partial charge in [0.05, 0.1) is 0 Å². The second kappa shape index (κ2) is 7.00. The summed E-state index contributed by atoms with van der Waals surface area (Å²) in [4.78, 5) is 26.6. The highest BCUT2D eigenvalue weighted by molar-refractivity contribution is 5.80. The lowest BCUT2D eigenvalue weighted by Gasteiger charge is -2.41. The van der Waals surface area contributed by atoms with Crippen molar-refractivity contribution in [2.75, 3.05) is 32.7 Å². The first kappa shape index (κ1) is 15.8. The Labute approximate surface area is 136 Å². The molecule has 0 aromatic heterocycles. The lowest BCUT2D eigenvalue weighted by molar-refractivity contribution is -0.135. The van der Waals surface area contributed by atoms with E-state index in [1.165, 1.54) is 17.5 Å². The summed E-state index contributed by atoms with van der Waals surface area (Å²) in [5, 5.41) is 11.0. The maximum absolute atomic E-state index is 11.9. The van der Waals surface area contributed by atoms with E-state index in [2.05, 4.69) is 34.5 Å². The molecule has 0 bridgehead atoms. The molecule has 1 aromatic carbocycles. The van der Waals surface area contributed by atoms with Crippen molar-refractivity contribution in [2.45, 2.75) is 25.3 Å². The molecule has 2 amide bonds. The number of amides is 2. The number of piperazine rings is 1. The minimum Gasteiger partial charge on any atom is -0.480 e. The van der Waals surface area contributed by atoms with Gasteiger partial charge in [0, 0.05) is 32.2 Å². The zero-order valence-electron chi connectivity index (χ0n) is 13.2. The van der Waals surface area contributed by atoms with Gasteiger partial charge >= 0.3 is 12.0 Å². The van der Waals surface area contributed by atoms with Gasteiger partial charge in [-0.2, -0.15) is 0 Å². The molecule has 2 N–H and O–H groups in total. The minimum absolute atomic E-state index is 0.277. The number of nitrogens with one attached hydrogen (secondary N) is 1. The Kier molecular flexibility index (Phi) is 4.81. The van der Waals surface area contributed by atoms with Crippen molar-refractivity contribution < 1.29 is 14.7 Å². The second-order valence-corrected chi connectivity index (χ2v) is 6.24. The van der Waals surface area contributed by atoms with E-state index in [1.54, 1.807) is 4.90 Å². The van der Waals surface area contributed by atoms with Crippen LogP contribution in [-0.4, -0.2) is 65.7 Å². The van der Waals surface area contributed by atoms with Crippen LogP contribution in [0.5, 0.6) is 0 Å². The number of carboxylic acids is 1. The van der Waals surface area contributed by atoms with E-state index in [4.69, 9.17) is 5.11 Å². The monoisotopic (exact) mass is 317 g/mol. The molecule has 6 nitrogen and oxygen atoms in total. The van der Waals surface area contributed by atoms with Crippen molar-refractivity contribution in [2.24, 2.45) is 0 Å². The number of hydrogen-bond donors (Lipinski definition) is 2. The van der Waals surface area contributed by atoms with Gasteiger partial charge in [-0.15, -0.1) is 0 Å². The Morgan fingerprint density at radius 2 is 1.83 bits per heavy atom. The van der Waals surface area contributed by atoms with Crippen LogP contribution in [0.4, 0.5) is 4.79 Å². The van der Waals surface area contributed by atoms with E-state index in [0.29, 0.717) is 19.1 Å². The van der Waals surface area contributed by atoms with E-state index in [1.807, 2.05) is 0 Å². The van der Waals surface area contributed by atoms with Crippen LogP contribution >= 0.6 is 0 Å². The number of hydrogen-bond acceptors (Lipinski definition) is 3. The van der Waals surface area contributed by atoms with Crippen LogP contribution in [-0.2, 0) is 17.6 Å². The molecule has 23 heavy (non-hydrogen) atoms. The molecule has 1 aliphatic heterocycles. The third-order valence-electron chi connectivity index (χ3n) is 4.83. The number of aliphatic carboxylic acids is 1. The van der Waals surface area contributed by atoms with Crippen LogP contribution in [0.3, 0.4) is 0 Å². The lowest BCUT2D eigenvalue weighted by atomic mass is 9.87. The second-order valence-electron chi connectivity index (χ2n) is 6.24. The standard InChI is InChI=1S/C17H23N3O3/c21-16(22)12-18-17(23)20-9-7-19(8-10-20)15-6-5-13-3-1-2-4-14(13)11-15/h1-4,15H,5-12H2,(H,18,23)(H,21,22)/t15-/m0/s1. The molecular weight excluding hydrogens is 294 g/mol. The zero-order chi connectivity index (χ0) is 16.2. The number of benzene rings is 1. The van der Waals surface area contributed by atoms with E-state index < -0.39 is 5.97 Å². The number of urea groups is 1. The Bertz CT molecular complexity index is 582. The van der Waals surface area contributed by atoms with Crippen LogP contribution in [0, 0.1) is 0 Å². The van der Waals surface area contributed by atoms with Gasteiger partial charge < -0.3 is 15.3 Å². The lowest BCUT2D eigenvalue weighted by Crippen LogP contribution is -2.55. The SMILES string of the molecule is O=C(O)CNC(=O)N1CCN([C@H]2CCc3ccccc3C2)CC1. The molecule has 0 saturated carbocycles. The molecule has 1 aliphatic carbocycles. The van der Waals surface area contributed by atoms with Gasteiger partial charge in [-0.25, -0.2) is 4.79 Å². The van der Waals surface area contributed by atoms with Gasteiger partial charge in [-0.05, 0) is 30.4 Å². The predicted molar refractivity (Wildman–Crippen MR) is 86.4 cm³/mol. The third kappa shape index (κ3) is 3.82. The molecule has 0 radical (unpaired) electrons. The quantitative estimate of drug-likeness (QED) is 0.871. The summed E-state index contributed by atoms with van der Waals surface area (Å²) < 4.78 is 0. The largest absolute Gasteiger partial charge is 0.480 e. The molecule has 1 fully saturated rings. The van der Waals surface area contributed by atoms with E-state index in [9.17, 15) is 9.59 Å².